The van der Waals surface area contributed by atoms with Crippen LogP contribution >= 0.6 is 22.9 Å². The zero-order chi connectivity index (χ0) is 10.4. The van der Waals surface area contributed by atoms with Crippen LogP contribution in [0, 0.1) is 0 Å². The summed E-state index contributed by atoms with van der Waals surface area (Å²) >= 11 is 7.14. The number of thiophene rings is 1. The Hall–Kier alpha value is -0.540. The van der Waals surface area contributed by atoms with E-state index in [0.717, 1.165) is 25.1 Å². The van der Waals surface area contributed by atoms with Crippen LogP contribution in [0.3, 0.4) is 0 Å². The standard InChI is InChI=1S/C10H14ClNOS/c1-2-12(6-3-5-11)10(13)9-4-7-14-8-9/h4,7-8H,2-3,5-6H2,1H3. The Labute approximate surface area is 93.5 Å². The zero-order valence-corrected chi connectivity index (χ0v) is 9.77. The highest BCUT2D eigenvalue weighted by atomic mass is 35.5. The monoisotopic (exact) mass is 231 g/mol. The van der Waals surface area contributed by atoms with Crippen molar-refractivity contribution in [1.29, 1.82) is 0 Å². The zero-order valence-electron chi connectivity index (χ0n) is 8.20. The average Bonchev–Trinajstić information content (AvgIpc) is 2.71. The summed E-state index contributed by atoms with van der Waals surface area (Å²) in [5, 5.41) is 3.80. The summed E-state index contributed by atoms with van der Waals surface area (Å²) in [4.78, 5) is 13.7. The molecule has 0 atom stereocenters. The molecule has 0 aliphatic rings. The van der Waals surface area contributed by atoms with Gasteiger partial charge in [0.1, 0.15) is 0 Å². The van der Waals surface area contributed by atoms with Crippen LogP contribution in [0.1, 0.15) is 23.7 Å². The second kappa shape index (κ2) is 6.04. The number of carbonyl (C=O) groups excluding carboxylic acids is 1. The van der Waals surface area contributed by atoms with E-state index in [4.69, 9.17) is 11.6 Å². The van der Waals surface area contributed by atoms with Crippen LogP contribution in [-0.4, -0.2) is 29.8 Å². The van der Waals surface area contributed by atoms with Crippen molar-refractivity contribution in [1.82, 2.24) is 4.90 Å². The van der Waals surface area contributed by atoms with Crippen molar-refractivity contribution in [2.24, 2.45) is 0 Å². The molecule has 0 fully saturated rings. The molecule has 0 radical (unpaired) electrons. The third kappa shape index (κ3) is 3.00. The number of carbonyl (C=O) groups is 1. The fraction of sp³-hybridized carbons (Fsp3) is 0.500. The van der Waals surface area contributed by atoms with E-state index in [-0.39, 0.29) is 5.91 Å². The first-order valence-corrected chi connectivity index (χ1v) is 6.14. The number of nitrogens with zero attached hydrogens (tertiary/aromatic N) is 1. The van der Waals surface area contributed by atoms with Crippen LogP contribution in [0.4, 0.5) is 0 Å². The number of rotatable bonds is 5. The van der Waals surface area contributed by atoms with E-state index >= 15 is 0 Å². The molecule has 1 heterocycles. The van der Waals surface area contributed by atoms with Crippen molar-refractivity contribution >= 4 is 28.8 Å². The van der Waals surface area contributed by atoms with Crippen LogP contribution in [-0.2, 0) is 0 Å². The van der Waals surface area contributed by atoms with Crippen LogP contribution < -0.4 is 0 Å². The molecule has 0 unspecified atom stereocenters. The van der Waals surface area contributed by atoms with Gasteiger partial charge < -0.3 is 4.90 Å². The van der Waals surface area contributed by atoms with E-state index in [1.165, 1.54) is 0 Å². The van der Waals surface area contributed by atoms with Gasteiger partial charge in [0.15, 0.2) is 0 Å². The summed E-state index contributed by atoms with van der Waals surface area (Å²) in [5.74, 6) is 0.715. The molecule has 0 N–H and O–H groups in total. The highest BCUT2D eigenvalue weighted by Gasteiger charge is 2.13. The second-order valence-electron chi connectivity index (χ2n) is 2.94. The summed E-state index contributed by atoms with van der Waals surface area (Å²) in [6, 6.07) is 1.86. The van der Waals surface area contributed by atoms with Crippen molar-refractivity contribution < 1.29 is 4.79 Å². The van der Waals surface area contributed by atoms with Crippen molar-refractivity contribution in [3.8, 4) is 0 Å². The lowest BCUT2D eigenvalue weighted by molar-refractivity contribution is 0.0765. The van der Waals surface area contributed by atoms with E-state index in [1.54, 1.807) is 11.3 Å². The smallest absolute Gasteiger partial charge is 0.254 e. The van der Waals surface area contributed by atoms with Gasteiger partial charge in [-0.3, -0.25) is 4.79 Å². The number of alkyl halides is 1. The van der Waals surface area contributed by atoms with Gasteiger partial charge in [0.25, 0.3) is 5.91 Å². The number of hydrogen-bond donors (Lipinski definition) is 0. The summed E-state index contributed by atoms with van der Waals surface area (Å²) in [6.45, 7) is 3.47. The van der Waals surface area contributed by atoms with E-state index < -0.39 is 0 Å². The van der Waals surface area contributed by atoms with Crippen molar-refractivity contribution in [3.05, 3.63) is 22.4 Å². The molecule has 1 aromatic rings. The van der Waals surface area contributed by atoms with Gasteiger partial charge in [0.2, 0.25) is 0 Å². The van der Waals surface area contributed by atoms with Gasteiger partial charge in [-0.2, -0.15) is 11.3 Å². The summed E-state index contributed by atoms with van der Waals surface area (Å²) in [6.07, 6.45) is 0.852. The SMILES string of the molecule is CCN(CCCCl)C(=O)c1ccsc1. The average molecular weight is 232 g/mol. The Balaban J connectivity index is 2.56. The lowest BCUT2D eigenvalue weighted by atomic mass is 10.3. The lowest BCUT2D eigenvalue weighted by Gasteiger charge is -2.19. The Morgan fingerprint density at radius 2 is 2.43 bits per heavy atom. The molecule has 1 amide bonds. The molecule has 2 nitrogen and oxygen atoms in total. The maximum atomic E-state index is 11.8. The topological polar surface area (TPSA) is 20.3 Å². The van der Waals surface area contributed by atoms with Gasteiger partial charge in [0.05, 0.1) is 5.56 Å². The Morgan fingerprint density at radius 3 is 2.93 bits per heavy atom. The fourth-order valence-electron chi connectivity index (χ4n) is 1.22. The first-order valence-electron chi connectivity index (χ1n) is 4.67. The van der Waals surface area contributed by atoms with Crippen molar-refractivity contribution in [3.63, 3.8) is 0 Å². The lowest BCUT2D eigenvalue weighted by Crippen LogP contribution is -2.31. The van der Waals surface area contributed by atoms with Crippen molar-refractivity contribution in [2.75, 3.05) is 19.0 Å². The number of halogens is 1. The molecule has 78 valence electrons. The van der Waals surface area contributed by atoms with Crippen LogP contribution in [0.5, 0.6) is 0 Å². The van der Waals surface area contributed by atoms with E-state index in [2.05, 4.69) is 0 Å². The summed E-state index contributed by atoms with van der Waals surface area (Å²) < 4.78 is 0. The molecular weight excluding hydrogens is 218 g/mol. The molecule has 4 heteroatoms. The van der Waals surface area contributed by atoms with Gasteiger partial charge in [-0.05, 0) is 24.8 Å². The minimum atomic E-state index is 0.110. The molecule has 0 spiro atoms. The number of amides is 1. The van der Waals surface area contributed by atoms with E-state index in [1.807, 2.05) is 28.7 Å². The molecule has 0 aromatic carbocycles. The molecular formula is C10H14ClNOS. The quantitative estimate of drug-likeness (QED) is 0.714. The van der Waals surface area contributed by atoms with Crippen LogP contribution in [0.25, 0.3) is 0 Å². The van der Waals surface area contributed by atoms with Gasteiger partial charge in [-0.15, -0.1) is 11.6 Å². The first kappa shape index (κ1) is 11.5. The third-order valence-corrected chi connectivity index (χ3v) is 2.95. The highest BCUT2D eigenvalue weighted by Crippen LogP contribution is 2.09. The van der Waals surface area contributed by atoms with E-state index in [0.29, 0.717) is 5.88 Å². The highest BCUT2D eigenvalue weighted by molar-refractivity contribution is 7.08. The molecule has 1 rings (SSSR count). The van der Waals surface area contributed by atoms with Gasteiger partial charge in [-0.1, -0.05) is 0 Å². The van der Waals surface area contributed by atoms with Gasteiger partial charge >= 0.3 is 0 Å². The van der Waals surface area contributed by atoms with Crippen LogP contribution in [0.15, 0.2) is 16.8 Å². The predicted molar refractivity (Wildman–Crippen MR) is 61.2 cm³/mol. The molecule has 0 bridgehead atoms. The second-order valence-corrected chi connectivity index (χ2v) is 4.10. The molecule has 14 heavy (non-hydrogen) atoms. The minimum Gasteiger partial charge on any atom is -0.339 e. The Morgan fingerprint density at radius 1 is 1.64 bits per heavy atom. The van der Waals surface area contributed by atoms with E-state index in [9.17, 15) is 4.79 Å². The predicted octanol–water partition coefficient (Wildman–Crippen LogP) is 2.84. The molecule has 0 aliphatic carbocycles. The maximum Gasteiger partial charge on any atom is 0.254 e. The van der Waals surface area contributed by atoms with Crippen LogP contribution in [0.2, 0.25) is 0 Å². The first-order chi connectivity index (χ1) is 6.79. The molecule has 1 aromatic heterocycles. The fourth-order valence-corrected chi connectivity index (χ4v) is 1.97. The number of hydrogen-bond acceptors (Lipinski definition) is 2. The van der Waals surface area contributed by atoms with Gasteiger partial charge in [-0.25, -0.2) is 0 Å². The normalized spacial score (nSPS) is 10.1. The van der Waals surface area contributed by atoms with Gasteiger partial charge in [0, 0.05) is 24.3 Å². The maximum absolute atomic E-state index is 11.8. The molecule has 0 aliphatic heterocycles. The molecule has 0 saturated heterocycles. The summed E-state index contributed by atoms with van der Waals surface area (Å²) in [5.41, 5.74) is 0.784. The summed E-state index contributed by atoms with van der Waals surface area (Å²) in [7, 11) is 0. The third-order valence-electron chi connectivity index (χ3n) is 2.00. The Kier molecular flexibility index (Phi) is 4.98. The molecule has 0 saturated carbocycles. The van der Waals surface area contributed by atoms with Crippen molar-refractivity contribution in [2.45, 2.75) is 13.3 Å². The minimum absolute atomic E-state index is 0.110. The largest absolute Gasteiger partial charge is 0.339 e. The Bertz CT molecular complexity index is 274.